The fourth-order valence-electron chi connectivity index (χ4n) is 2.67. The number of H-pyrrole nitrogens is 1. The van der Waals surface area contributed by atoms with Crippen LogP contribution in [0.2, 0.25) is 0 Å². The molecule has 0 aliphatic carbocycles. The van der Waals surface area contributed by atoms with E-state index in [4.69, 9.17) is 30.0 Å². The highest BCUT2D eigenvalue weighted by Gasteiger charge is 2.62. The van der Waals surface area contributed by atoms with E-state index in [2.05, 4.69) is 19.1 Å². The molecule has 5 atom stereocenters. The van der Waals surface area contributed by atoms with E-state index in [9.17, 15) is 29.2 Å². The van der Waals surface area contributed by atoms with Gasteiger partial charge in [-0.3, -0.25) is 33.9 Å². The first-order valence-electron chi connectivity index (χ1n) is 7.67. The largest absolute Gasteiger partial charge is 0.580 e. The van der Waals surface area contributed by atoms with E-state index < -0.39 is 60.4 Å². The zero-order valence-corrected chi connectivity index (χ0v) is 17.0. The lowest BCUT2D eigenvalue weighted by Gasteiger charge is -2.19. The number of nitrogens with zero attached hydrogens (tertiary/aromatic N) is 3. The van der Waals surface area contributed by atoms with Gasteiger partial charge in [0.25, 0.3) is 5.56 Å². The second-order valence-electron chi connectivity index (χ2n) is 5.95. The first-order valence-corrected chi connectivity index (χ1v) is 13.3. The number of anilines is 1. The number of hydrogen-bond donors (Lipinski definition) is 9. The molecule has 17 nitrogen and oxygen atoms in total. The fraction of sp³-hybridized carbons (Fsp3) is 0.500. The second kappa shape index (κ2) is 7.94. The zero-order chi connectivity index (χ0) is 22.6. The second-order valence-corrected chi connectivity index (χ2v) is 14.3. The minimum absolute atomic E-state index is 0.159. The highest BCUT2D eigenvalue weighted by atomic mass is 33.1. The van der Waals surface area contributed by atoms with Gasteiger partial charge in [-0.1, -0.05) is 0 Å². The quantitative estimate of drug-likeness (QED) is 0.107. The van der Waals surface area contributed by atoms with Crippen LogP contribution >= 0.6 is 13.6 Å². The van der Waals surface area contributed by atoms with Crippen LogP contribution in [-0.2, 0) is 28.5 Å². The normalized spacial score (nSPS) is 26.5. The van der Waals surface area contributed by atoms with Crippen molar-refractivity contribution in [1.29, 1.82) is 0 Å². The van der Waals surface area contributed by atoms with Crippen LogP contribution in [0.5, 0.6) is 0 Å². The van der Waals surface area contributed by atoms with Gasteiger partial charge in [-0.2, -0.15) is 4.98 Å². The number of hydrogen-bond acceptors (Lipinski definition) is 11. The maximum absolute atomic E-state index is 11.8. The number of ether oxygens (including phenoxy) is 1. The highest BCUT2D eigenvalue weighted by Crippen LogP contribution is 2.65. The summed E-state index contributed by atoms with van der Waals surface area (Å²) in [5.74, 6) is -0.297. The molecule has 0 saturated carbocycles. The summed E-state index contributed by atoms with van der Waals surface area (Å²) in [6.07, 6.45) is -8.65. The van der Waals surface area contributed by atoms with Crippen molar-refractivity contribution in [3.63, 3.8) is 0 Å². The fourth-order valence-corrected chi connectivity index (χ4v) is 7.99. The summed E-state index contributed by atoms with van der Waals surface area (Å²) in [6.45, 7) is -11.1. The Balaban J connectivity index is 1.89. The molecule has 2 aromatic rings. The molecule has 1 unspecified atom stereocenters. The Bertz CT molecular complexity index is 1070. The Morgan fingerprint density at radius 2 is 1.83 bits per heavy atom. The summed E-state index contributed by atoms with van der Waals surface area (Å²) in [7, 11) is -3.37. The van der Waals surface area contributed by atoms with Crippen molar-refractivity contribution in [1.82, 2.24) is 19.5 Å². The first-order chi connectivity index (χ1) is 13.7. The van der Waals surface area contributed by atoms with E-state index in [1.165, 1.54) is 0 Å². The van der Waals surface area contributed by atoms with Gasteiger partial charge in [-0.15, -0.1) is 4.18 Å². The Kier molecular flexibility index (Phi) is 6.16. The number of aromatic nitrogens is 4. The highest BCUT2D eigenvalue weighted by molar-refractivity contribution is 8.79. The third kappa shape index (κ3) is 4.31. The van der Waals surface area contributed by atoms with Gasteiger partial charge >= 0.3 is 24.0 Å². The number of imidazole rings is 1. The molecule has 0 bridgehead atoms. The first kappa shape index (κ1) is 23.3. The lowest BCUT2D eigenvalue weighted by Crippen LogP contribution is -2.40. The smallest absolute Gasteiger partial charge is 0.387 e. The summed E-state index contributed by atoms with van der Waals surface area (Å²) in [5, 5.41) is 30.4. The Hall–Kier alpha value is -1.40. The van der Waals surface area contributed by atoms with E-state index in [0.29, 0.717) is 0 Å². The molecule has 10 N–H and O–H groups in total. The van der Waals surface area contributed by atoms with Crippen LogP contribution in [0.1, 0.15) is 6.23 Å². The van der Waals surface area contributed by atoms with Crippen molar-refractivity contribution < 1.29 is 52.9 Å². The summed E-state index contributed by atoms with van der Waals surface area (Å²) >= 11 is 0. The third-order valence-corrected chi connectivity index (χ3v) is 11.8. The molecule has 0 spiro atoms. The van der Waals surface area contributed by atoms with E-state index >= 15 is 0 Å². The van der Waals surface area contributed by atoms with Crippen molar-refractivity contribution in [2.24, 2.45) is 0 Å². The van der Waals surface area contributed by atoms with Crippen LogP contribution in [0.15, 0.2) is 11.1 Å². The van der Waals surface area contributed by atoms with Crippen molar-refractivity contribution >= 4 is 41.1 Å². The Morgan fingerprint density at radius 3 is 2.40 bits per heavy atom. The van der Waals surface area contributed by atoms with Crippen molar-refractivity contribution in [2.45, 2.75) is 30.8 Å². The molecular formula is C10H16N5O12P2S+. The third-order valence-electron chi connectivity index (χ3n) is 3.87. The summed E-state index contributed by atoms with van der Waals surface area (Å²) in [4.78, 5) is 57.9. The number of nitrogens with one attached hydrogen (secondary N) is 1. The maximum atomic E-state index is 11.8. The summed E-state index contributed by atoms with van der Waals surface area (Å²) in [6, 6.07) is 0. The molecule has 2 aromatic heterocycles. The molecule has 168 valence electrons. The number of nitrogens with two attached hydrogens (primary N) is 1. The number of fused-ring (bicyclic) bond motifs is 1. The molecule has 20 heteroatoms. The van der Waals surface area contributed by atoms with E-state index in [1.807, 2.05) is 0 Å². The van der Waals surface area contributed by atoms with Crippen LogP contribution in [0, 0.1) is 0 Å². The van der Waals surface area contributed by atoms with Gasteiger partial charge in [0.15, 0.2) is 17.4 Å². The maximum Gasteiger partial charge on any atom is 0.580 e. The van der Waals surface area contributed by atoms with E-state index in [0.717, 1.165) is 10.9 Å². The Morgan fingerprint density at radius 1 is 1.23 bits per heavy atom. The zero-order valence-electron chi connectivity index (χ0n) is 14.4. The van der Waals surface area contributed by atoms with Gasteiger partial charge in [0, 0.05) is 0 Å². The number of rotatable bonds is 6. The predicted molar refractivity (Wildman–Crippen MR) is 97.0 cm³/mol. The van der Waals surface area contributed by atoms with Crippen molar-refractivity contribution in [2.75, 3.05) is 5.73 Å². The summed E-state index contributed by atoms with van der Waals surface area (Å²) < 4.78 is 33.3. The van der Waals surface area contributed by atoms with Gasteiger partial charge in [-0.05, 0) is 0 Å². The monoisotopic (exact) mass is 492 g/mol. The standard InChI is InChI=1S/C10H15N5O12P2S/c11-10-13-6-2(7(18)14-10)12-1-15(6)8-4(17)3(16)5(26-8)9(19)27-30(28(20,21)22)29(23,24)25/h1,3-5,8-9,16-17,19H,(H6-,11,13,14,18,20,21,22,23,24,25)/p+1/t3-,4+,5-,8+,9?/m0/s1. The van der Waals surface area contributed by atoms with E-state index in [-0.39, 0.29) is 17.1 Å². The molecule has 0 amide bonds. The number of nitrogen functional groups attached to an aromatic ring is 1. The van der Waals surface area contributed by atoms with Crippen LogP contribution in [-0.4, -0.2) is 79.0 Å². The lowest BCUT2D eigenvalue weighted by atomic mass is 10.1. The molecule has 1 saturated heterocycles. The molecule has 1 aliphatic heterocycles. The van der Waals surface area contributed by atoms with Gasteiger partial charge in [0.1, 0.15) is 18.3 Å². The molecule has 3 heterocycles. The average Bonchev–Trinajstić information content (AvgIpc) is 3.13. The van der Waals surface area contributed by atoms with Crippen molar-refractivity contribution in [3.05, 3.63) is 16.7 Å². The van der Waals surface area contributed by atoms with Crippen LogP contribution < -0.4 is 11.3 Å². The molecule has 0 aromatic carbocycles. The minimum atomic E-state index is -5.53. The van der Waals surface area contributed by atoms with Gasteiger partial charge in [-0.25, -0.2) is 14.1 Å². The van der Waals surface area contributed by atoms with E-state index in [1.54, 1.807) is 0 Å². The molecule has 1 fully saturated rings. The summed E-state index contributed by atoms with van der Waals surface area (Å²) in [5.41, 5.74) is 4.39. The number of aromatic amines is 1. The minimum Gasteiger partial charge on any atom is -0.387 e. The lowest BCUT2D eigenvalue weighted by molar-refractivity contribution is -0.149. The molecular weight excluding hydrogens is 476 g/mol. The number of aliphatic hydroxyl groups excluding tert-OH is 3. The van der Waals surface area contributed by atoms with Crippen molar-refractivity contribution in [3.8, 4) is 0 Å². The Labute approximate surface area is 167 Å². The van der Waals surface area contributed by atoms with Gasteiger partial charge in [0.2, 0.25) is 12.2 Å². The molecule has 1 aliphatic rings. The van der Waals surface area contributed by atoms with Crippen LogP contribution in [0.25, 0.3) is 11.2 Å². The van der Waals surface area contributed by atoms with Gasteiger partial charge in [0.05, 0.1) is 6.33 Å². The molecule has 0 radical (unpaired) electrons. The SMILES string of the molecule is Nc1nc2c(ncn2[C@@H]2O[C@H](C(O)O[S+](P(=O)(O)O)P(=O)(O)O)[C@@H](O)[C@H]2O)c(=O)[nH]1. The molecule has 3 rings (SSSR count). The van der Waals surface area contributed by atoms with Gasteiger partial charge < -0.3 is 25.8 Å². The predicted octanol–water partition coefficient (Wildman–Crippen LogP) is -3.63. The average molecular weight is 492 g/mol. The number of aliphatic hydroxyl groups is 3. The van der Waals surface area contributed by atoms with Crippen LogP contribution in [0.3, 0.4) is 0 Å². The molecule has 30 heavy (non-hydrogen) atoms. The topological polar surface area (TPSA) is 284 Å². The van der Waals surface area contributed by atoms with Crippen LogP contribution in [0.4, 0.5) is 5.95 Å².